The van der Waals surface area contributed by atoms with Crippen molar-refractivity contribution >= 4 is 29.4 Å². The molecule has 1 aromatic rings. The normalized spacial score (nSPS) is 21.4. The van der Waals surface area contributed by atoms with Crippen LogP contribution in [0.25, 0.3) is 0 Å². The smallest absolute Gasteiger partial charge is 0.414 e. The number of anilines is 2. The molecule has 2 aliphatic heterocycles. The maximum atomic E-state index is 12.1. The van der Waals surface area contributed by atoms with E-state index in [1.54, 1.807) is 4.90 Å². The van der Waals surface area contributed by atoms with Crippen LogP contribution in [0.2, 0.25) is 0 Å². The van der Waals surface area contributed by atoms with E-state index in [1.807, 2.05) is 17.0 Å². The summed E-state index contributed by atoms with van der Waals surface area (Å²) in [5.74, 6) is 0.630. The van der Waals surface area contributed by atoms with Gasteiger partial charge in [0, 0.05) is 12.2 Å². The number of nitrogens with zero attached hydrogens (tertiary/aromatic N) is 4. The van der Waals surface area contributed by atoms with Crippen molar-refractivity contribution in [2.24, 2.45) is 21.5 Å². The summed E-state index contributed by atoms with van der Waals surface area (Å²) < 4.78 is 4.92. The molecule has 0 atom stereocenters. The Labute approximate surface area is 158 Å². The Bertz CT molecular complexity index is 812. The first-order chi connectivity index (χ1) is 13.0. The van der Waals surface area contributed by atoms with Crippen molar-refractivity contribution in [3.05, 3.63) is 23.8 Å². The summed E-state index contributed by atoms with van der Waals surface area (Å²) in [4.78, 5) is 24.7. The van der Waals surface area contributed by atoms with Gasteiger partial charge in [-0.15, -0.1) is 0 Å². The molecular weight excluding hydrogens is 344 g/mol. The molecule has 0 saturated heterocycles. The maximum Gasteiger partial charge on any atom is 0.414 e. The lowest BCUT2D eigenvalue weighted by atomic mass is 9.87. The topological polar surface area (TPSA) is 110 Å². The number of aliphatic imine (C=N–C) groups is 2. The van der Waals surface area contributed by atoms with Crippen molar-refractivity contribution < 1.29 is 9.53 Å². The molecule has 1 spiro atoms. The van der Waals surface area contributed by atoms with Gasteiger partial charge in [0.25, 0.3) is 0 Å². The van der Waals surface area contributed by atoms with Crippen LogP contribution in [-0.4, -0.2) is 37.3 Å². The lowest BCUT2D eigenvalue weighted by Gasteiger charge is -2.46. The van der Waals surface area contributed by atoms with E-state index in [0.29, 0.717) is 12.5 Å². The molecule has 1 saturated carbocycles. The molecule has 144 valence electrons. The quantitative estimate of drug-likeness (QED) is 0.788. The number of rotatable bonds is 1. The number of hydrogen-bond donors (Lipinski definition) is 2. The fourth-order valence-corrected chi connectivity index (χ4v) is 4.52. The van der Waals surface area contributed by atoms with E-state index in [-0.39, 0.29) is 12.1 Å². The van der Waals surface area contributed by atoms with Crippen molar-refractivity contribution in [3.8, 4) is 0 Å². The van der Waals surface area contributed by atoms with Gasteiger partial charge in [0.2, 0.25) is 11.9 Å². The van der Waals surface area contributed by atoms with Crippen LogP contribution >= 0.6 is 0 Å². The highest BCUT2D eigenvalue weighted by molar-refractivity contribution is 6.06. The van der Waals surface area contributed by atoms with Gasteiger partial charge in [0.15, 0.2) is 0 Å². The Morgan fingerprint density at radius 2 is 1.96 bits per heavy atom. The third kappa shape index (κ3) is 2.98. The summed E-state index contributed by atoms with van der Waals surface area (Å²) in [5.41, 5.74) is 14.7. The van der Waals surface area contributed by atoms with Gasteiger partial charge in [-0.1, -0.05) is 6.42 Å². The van der Waals surface area contributed by atoms with Crippen LogP contribution in [-0.2, 0) is 11.2 Å². The molecule has 2 heterocycles. The van der Waals surface area contributed by atoms with Crippen molar-refractivity contribution in [2.45, 2.75) is 50.6 Å². The standard InChI is InChI=1S/C19H26N6O2/c1-27-18(26)24-11-5-6-13-12-14(7-8-15(13)24)25-17(21)22-16(20)23-19(25)9-3-2-4-10-19/h7-8,12H,2-6,9-11H2,1H3,(H4,20,21,22,23). The summed E-state index contributed by atoms with van der Waals surface area (Å²) >= 11 is 0. The molecule has 1 aliphatic carbocycles. The van der Waals surface area contributed by atoms with Crippen LogP contribution < -0.4 is 21.3 Å². The van der Waals surface area contributed by atoms with Gasteiger partial charge in [-0.05, 0) is 62.3 Å². The number of amides is 1. The van der Waals surface area contributed by atoms with Crippen LogP contribution in [0.1, 0.15) is 44.1 Å². The second kappa shape index (κ2) is 6.75. The molecule has 0 bridgehead atoms. The molecule has 0 radical (unpaired) electrons. The summed E-state index contributed by atoms with van der Waals surface area (Å²) in [6.45, 7) is 0.664. The van der Waals surface area contributed by atoms with Crippen LogP contribution in [0.15, 0.2) is 28.2 Å². The SMILES string of the molecule is COC(=O)N1CCCc2cc(N3C(N)=NC(N)=NC34CCCCC4)ccc21. The Balaban J connectivity index is 1.74. The lowest BCUT2D eigenvalue weighted by molar-refractivity contribution is 0.178. The number of hydrogen-bond acceptors (Lipinski definition) is 7. The highest BCUT2D eigenvalue weighted by atomic mass is 16.5. The zero-order chi connectivity index (χ0) is 19.0. The van der Waals surface area contributed by atoms with Gasteiger partial charge in [0.1, 0.15) is 5.66 Å². The predicted octanol–water partition coefficient (Wildman–Crippen LogP) is 2.32. The number of carbonyl (C=O) groups is 1. The summed E-state index contributed by atoms with van der Waals surface area (Å²) in [6, 6.07) is 6.04. The van der Waals surface area contributed by atoms with Crippen LogP contribution in [0.4, 0.5) is 16.2 Å². The molecule has 0 unspecified atom stereocenters. The van der Waals surface area contributed by atoms with Crippen LogP contribution in [0, 0.1) is 0 Å². The second-order valence-corrected chi connectivity index (χ2v) is 7.36. The molecule has 0 aromatic heterocycles. The van der Waals surface area contributed by atoms with Gasteiger partial charge in [-0.25, -0.2) is 9.79 Å². The molecule has 8 heteroatoms. The van der Waals surface area contributed by atoms with Crippen molar-refractivity contribution in [2.75, 3.05) is 23.5 Å². The monoisotopic (exact) mass is 370 g/mol. The minimum Gasteiger partial charge on any atom is -0.452 e. The molecule has 4 rings (SSSR count). The van der Waals surface area contributed by atoms with E-state index in [2.05, 4.69) is 11.1 Å². The molecule has 4 N–H and O–H groups in total. The average molecular weight is 370 g/mol. The highest BCUT2D eigenvalue weighted by Crippen LogP contribution is 2.41. The van der Waals surface area contributed by atoms with Crippen LogP contribution in [0.5, 0.6) is 0 Å². The first kappa shape index (κ1) is 17.6. The Morgan fingerprint density at radius 3 is 2.70 bits per heavy atom. The van der Waals surface area contributed by atoms with Crippen molar-refractivity contribution in [1.82, 2.24) is 0 Å². The summed E-state index contributed by atoms with van der Waals surface area (Å²) in [6.07, 6.45) is 6.63. The lowest BCUT2D eigenvalue weighted by Crippen LogP contribution is -2.58. The number of methoxy groups -OCH3 is 1. The van der Waals surface area contributed by atoms with Gasteiger partial charge < -0.3 is 16.2 Å². The molecule has 1 aromatic carbocycles. The minimum absolute atomic E-state index is 0.250. The molecule has 1 amide bonds. The Morgan fingerprint density at radius 1 is 1.19 bits per heavy atom. The third-order valence-electron chi connectivity index (χ3n) is 5.69. The van der Waals surface area contributed by atoms with E-state index in [9.17, 15) is 4.79 Å². The number of fused-ring (bicyclic) bond motifs is 1. The number of nitrogens with two attached hydrogens (primary N) is 2. The second-order valence-electron chi connectivity index (χ2n) is 7.36. The van der Waals surface area contributed by atoms with Gasteiger partial charge in [-0.2, -0.15) is 4.99 Å². The summed E-state index contributed by atoms with van der Waals surface area (Å²) in [5, 5.41) is 0. The molecular formula is C19H26N6O2. The molecule has 27 heavy (non-hydrogen) atoms. The number of ether oxygens (including phenoxy) is 1. The zero-order valence-corrected chi connectivity index (χ0v) is 15.6. The van der Waals surface area contributed by atoms with Gasteiger partial charge in [-0.3, -0.25) is 9.80 Å². The van der Waals surface area contributed by atoms with Crippen LogP contribution in [0.3, 0.4) is 0 Å². The molecule has 3 aliphatic rings. The highest BCUT2D eigenvalue weighted by Gasteiger charge is 2.42. The fraction of sp³-hybridized carbons (Fsp3) is 0.526. The van der Waals surface area contributed by atoms with Crippen molar-refractivity contribution in [1.29, 1.82) is 0 Å². The first-order valence-corrected chi connectivity index (χ1v) is 9.52. The zero-order valence-electron chi connectivity index (χ0n) is 15.6. The van der Waals surface area contributed by atoms with E-state index in [4.69, 9.17) is 21.2 Å². The van der Waals surface area contributed by atoms with Gasteiger partial charge >= 0.3 is 6.09 Å². The first-order valence-electron chi connectivity index (χ1n) is 9.52. The fourth-order valence-electron chi connectivity index (χ4n) is 4.52. The van der Waals surface area contributed by atoms with E-state index in [1.165, 1.54) is 13.5 Å². The Hall–Kier alpha value is -2.77. The summed E-state index contributed by atoms with van der Waals surface area (Å²) in [7, 11) is 1.41. The van der Waals surface area contributed by atoms with Crippen molar-refractivity contribution in [3.63, 3.8) is 0 Å². The minimum atomic E-state index is -0.459. The number of benzene rings is 1. The predicted molar refractivity (Wildman–Crippen MR) is 106 cm³/mol. The largest absolute Gasteiger partial charge is 0.452 e. The maximum absolute atomic E-state index is 12.1. The number of aryl methyl sites for hydroxylation is 1. The number of carbonyl (C=O) groups excluding carboxylic acids is 1. The molecule has 1 fully saturated rings. The van der Waals surface area contributed by atoms with Gasteiger partial charge in [0.05, 0.1) is 12.8 Å². The van der Waals surface area contributed by atoms with E-state index >= 15 is 0 Å². The molecule has 8 nitrogen and oxygen atoms in total. The average Bonchev–Trinajstić information content (AvgIpc) is 2.66. The Kier molecular flexibility index (Phi) is 4.41. The third-order valence-corrected chi connectivity index (χ3v) is 5.69. The van der Waals surface area contributed by atoms with E-state index in [0.717, 1.165) is 55.5 Å². The number of guanidine groups is 2. The van der Waals surface area contributed by atoms with E-state index < -0.39 is 5.66 Å².